The number of halogens is 2. The fraction of sp³-hybridized carbons (Fsp3) is 0.0556. The first-order valence-corrected chi connectivity index (χ1v) is 6.79. The molecule has 0 radical (unpaired) electrons. The van der Waals surface area contributed by atoms with E-state index in [4.69, 9.17) is 0 Å². The number of aliphatic hydroxyl groups excluding tert-OH is 1. The van der Waals surface area contributed by atoms with Gasteiger partial charge in [0.25, 0.3) is 0 Å². The van der Waals surface area contributed by atoms with Crippen LogP contribution in [0.15, 0.2) is 60.8 Å². The van der Waals surface area contributed by atoms with E-state index in [0.717, 1.165) is 16.7 Å². The molecule has 0 amide bonds. The Morgan fingerprint density at radius 3 is 1.91 bits per heavy atom. The summed E-state index contributed by atoms with van der Waals surface area (Å²) in [4.78, 5) is 4.37. The van der Waals surface area contributed by atoms with Crippen molar-refractivity contribution < 1.29 is 13.9 Å². The zero-order valence-electron chi connectivity index (χ0n) is 11.6. The van der Waals surface area contributed by atoms with Crippen molar-refractivity contribution in [2.75, 3.05) is 0 Å². The van der Waals surface area contributed by atoms with Gasteiger partial charge in [-0.05, 0) is 53.6 Å². The molecule has 0 aliphatic carbocycles. The zero-order valence-corrected chi connectivity index (χ0v) is 11.6. The Morgan fingerprint density at radius 1 is 0.818 bits per heavy atom. The number of hydrogen-bond donors (Lipinski definition) is 1. The number of nitrogens with zero attached hydrogens (tertiary/aromatic N) is 1. The second kappa shape index (κ2) is 6.03. The Balaban J connectivity index is 2.17. The molecule has 1 N–H and O–H groups in total. The standard InChI is InChI=1S/C18H13F2NO/c19-15-5-1-13(2-6-15)17-9-12(11-22)10-21-18(17)14-3-7-16(20)8-4-14/h1-10,22H,11H2. The van der Waals surface area contributed by atoms with Crippen LogP contribution in [0.4, 0.5) is 8.78 Å². The van der Waals surface area contributed by atoms with Crippen LogP contribution in [-0.2, 0) is 6.61 Å². The van der Waals surface area contributed by atoms with Crippen molar-refractivity contribution in [1.82, 2.24) is 4.98 Å². The lowest BCUT2D eigenvalue weighted by atomic mass is 9.98. The fourth-order valence-electron chi connectivity index (χ4n) is 2.28. The highest BCUT2D eigenvalue weighted by Gasteiger charge is 2.10. The van der Waals surface area contributed by atoms with Crippen LogP contribution in [0.5, 0.6) is 0 Å². The van der Waals surface area contributed by atoms with Gasteiger partial charge in [0.2, 0.25) is 0 Å². The molecule has 0 atom stereocenters. The van der Waals surface area contributed by atoms with Crippen molar-refractivity contribution in [1.29, 1.82) is 0 Å². The first-order valence-electron chi connectivity index (χ1n) is 6.79. The minimum atomic E-state index is -0.321. The van der Waals surface area contributed by atoms with Gasteiger partial charge in [0.05, 0.1) is 12.3 Å². The molecule has 0 spiro atoms. The lowest BCUT2D eigenvalue weighted by Gasteiger charge is -2.11. The number of pyridine rings is 1. The molecule has 0 unspecified atom stereocenters. The van der Waals surface area contributed by atoms with Crippen LogP contribution in [0.3, 0.4) is 0 Å². The molecule has 2 nitrogen and oxygen atoms in total. The van der Waals surface area contributed by atoms with Crippen molar-refractivity contribution in [3.63, 3.8) is 0 Å². The number of benzene rings is 2. The first kappa shape index (κ1) is 14.4. The minimum Gasteiger partial charge on any atom is -0.392 e. The van der Waals surface area contributed by atoms with Crippen LogP contribution in [0.2, 0.25) is 0 Å². The minimum absolute atomic E-state index is 0.134. The number of aromatic nitrogens is 1. The first-order chi connectivity index (χ1) is 10.7. The van der Waals surface area contributed by atoms with E-state index in [-0.39, 0.29) is 18.2 Å². The molecule has 0 aliphatic heterocycles. The Kier molecular flexibility index (Phi) is 3.94. The lowest BCUT2D eigenvalue weighted by molar-refractivity contribution is 0.281. The maximum absolute atomic E-state index is 13.1. The Labute approximate surface area is 126 Å². The van der Waals surface area contributed by atoms with E-state index in [2.05, 4.69) is 4.98 Å². The van der Waals surface area contributed by atoms with Gasteiger partial charge in [0, 0.05) is 17.3 Å². The predicted molar refractivity (Wildman–Crippen MR) is 80.9 cm³/mol. The summed E-state index contributed by atoms with van der Waals surface area (Å²) in [5, 5.41) is 9.30. The lowest BCUT2D eigenvalue weighted by Crippen LogP contribution is -1.94. The third-order valence-electron chi connectivity index (χ3n) is 3.40. The SMILES string of the molecule is OCc1cnc(-c2ccc(F)cc2)c(-c2ccc(F)cc2)c1. The van der Waals surface area contributed by atoms with Crippen LogP contribution >= 0.6 is 0 Å². The highest BCUT2D eigenvalue weighted by atomic mass is 19.1. The van der Waals surface area contributed by atoms with Gasteiger partial charge in [-0.15, -0.1) is 0 Å². The monoisotopic (exact) mass is 297 g/mol. The van der Waals surface area contributed by atoms with Gasteiger partial charge < -0.3 is 5.11 Å². The summed E-state index contributed by atoms with van der Waals surface area (Å²) in [6.45, 7) is -0.134. The summed E-state index contributed by atoms with van der Waals surface area (Å²) in [5.41, 5.74) is 3.61. The fourth-order valence-corrected chi connectivity index (χ4v) is 2.28. The molecule has 1 heterocycles. The molecule has 4 heteroatoms. The molecule has 3 aromatic rings. The normalized spacial score (nSPS) is 10.7. The van der Waals surface area contributed by atoms with Gasteiger partial charge in [-0.25, -0.2) is 8.78 Å². The average Bonchev–Trinajstić information content (AvgIpc) is 2.56. The average molecular weight is 297 g/mol. The molecule has 0 aliphatic rings. The van der Waals surface area contributed by atoms with Crippen molar-refractivity contribution in [3.8, 4) is 22.4 Å². The summed E-state index contributed by atoms with van der Waals surface area (Å²) < 4.78 is 26.2. The van der Waals surface area contributed by atoms with Crippen LogP contribution in [0.25, 0.3) is 22.4 Å². The van der Waals surface area contributed by atoms with Crippen LogP contribution < -0.4 is 0 Å². The molecule has 3 rings (SSSR count). The van der Waals surface area contributed by atoms with Crippen molar-refractivity contribution in [2.24, 2.45) is 0 Å². The maximum atomic E-state index is 13.1. The second-order valence-corrected chi connectivity index (χ2v) is 4.91. The van der Waals surface area contributed by atoms with Gasteiger partial charge >= 0.3 is 0 Å². The van der Waals surface area contributed by atoms with Crippen molar-refractivity contribution >= 4 is 0 Å². The molecule has 0 fully saturated rings. The largest absolute Gasteiger partial charge is 0.392 e. The highest BCUT2D eigenvalue weighted by molar-refractivity contribution is 5.81. The van der Waals surface area contributed by atoms with E-state index < -0.39 is 0 Å². The summed E-state index contributed by atoms with van der Waals surface area (Å²) in [7, 11) is 0. The third kappa shape index (κ3) is 2.87. The molecule has 0 bridgehead atoms. The van der Waals surface area contributed by atoms with E-state index in [1.165, 1.54) is 24.3 Å². The molecule has 22 heavy (non-hydrogen) atoms. The molecular formula is C18H13F2NO. The zero-order chi connectivity index (χ0) is 15.5. The van der Waals surface area contributed by atoms with E-state index in [9.17, 15) is 13.9 Å². The van der Waals surface area contributed by atoms with E-state index in [1.807, 2.05) is 0 Å². The predicted octanol–water partition coefficient (Wildman–Crippen LogP) is 4.19. The molecule has 0 saturated carbocycles. The molecule has 2 aromatic carbocycles. The maximum Gasteiger partial charge on any atom is 0.123 e. The van der Waals surface area contributed by atoms with Gasteiger partial charge in [0.15, 0.2) is 0 Å². The van der Waals surface area contributed by atoms with E-state index >= 15 is 0 Å². The summed E-state index contributed by atoms with van der Waals surface area (Å²) in [5.74, 6) is -0.641. The Bertz CT molecular complexity index is 783. The summed E-state index contributed by atoms with van der Waals surface area (Å²) >= 11 is 0. The van der Waals surface area contributed by atoms with E-state index in [1.54, 1.807) is 36.5 Å². The van der Waals surface area contributed by atoms with Crippen LogP contribution in [-0.4, -0.2) is 10.1 Å². The molecular weight excluding hydrogens is 284 g/mol. The number of aliphatic hydroxyl groups is 1. The van der Waals surface area contributed by atoms with Crippen LogP contribution in [0, 0.1) is 11.6 Å². The summed E-state index contributed by atoms with van der Waals surface area (Å²) in [6.07, 6.45) is 1.58. The van der Waals surface area contributed by atoms with Gasteiger partial charge in [-0.2, -0.15) is 0 Å². The molecule has 1 aromatic heterocycles. The summed E-state index contributed by atoms with van der Waals surface area (Å²) in [6, 6.07) is 13.9. The number of hydrogen-bond acceptors (Lipinski definition) is 2. The van der Waals surface area contributed by atoms with Gasteiger partial charge in [0.1, 0.15) is 11.6 Å². The smallest absolute Gasteiger partial charge is 0.123 e. The quantitative estimate of drug-likeness (QED) is 0.786. The third-order valence-corrected chi connectivity index (χ3v) is 3.40. The van der Waals surface area contributed by atoms with Crippen LogP contribution in [0.1, 0.15) is 5.56 Å². The van der Waals surface area contributed by atoms with Gasteiger partial charge in [-0.3, -0.25) is 4.98 Å². The molecule has 110 valence electrons. The van der Waals surface area contributed by atoms with Crippen molar-refractivity contribution in [3.05, 3.63) is 78.0 Å². The second-order valence-electron chi connectivity index (χ2n) is 4.91. The molecule has 0 saturated heterocycles. The van der Waals surface area contributed by atoms with E-state index in [0.29, 0.717) is 11.3 Å². The topological polar surface area (TPSA) is 33.1 Å². The Hall–Kier alpha value is -2.59. The van der Waals surface area contributed by atoms with Gasteiger partial charge in [-0.1, -0.05) is 12.1 Å². The highest BCUT2D eigenvalue weighted by Crippen LogP contribution is 2.31. The number of rotatable bonds is 3. The van der Waals surface area contributed by atoms with Crippen molar-refractivity contribution in [2.45, 2.75) is 6.61 Å². The Morgan fingerprint density at radius 2 is 1.36 bits per heavy atom.